The summed E-state index contributed by atoms with van der Waals surface area (Å²) in [7, 11) is 0. The number of Topliss-reactive ketones (excluding diaryl/α,β-unsaturated/α-hetero) is 1. The maximum Gasteiger partial charge on any atom is 0.329 e. The van der Waals surface area contributed by atoms with Crippen LogP contribution in [0.2, 0.25) is 0 Å². The Morgan fingerprint density at radius 2 is 1.18 bits per heavy atom. The molecular formula is C60H99N5O6. The SMILES string of the molecule is CC(=O)CN1CCC(C(C)C)CC1.CC(=O)N1CCC(C(C)C)CC1.CC(C)N1CCC2(CC1)Cc1ccccc1C2.CC(C)N1C[C@H](C)C[C@H]1C(=O)O.CCOC(=O)C1Cc2ccccc2N1C(C)C. The first kappa shape index (κ1) is 59.8. The number of benzene rings is 2. The van der Waals surface area contributed by atoms with Gasteiger partial charge in [0, 0.05) is 56.8 Å². The van der Waals surface area contributed by atoms with Gasteiger partial charge < -0.3 is 24.5 Å². The maximum atomic E-state index is 12.0. The standard InChI is InChI=1S/C16H23N.C14H19NO2.C11H21NO.C10H19NO.C9H17NO2/c1-13(2)17-9-7-16(8-10-17)11-14-5-3-4-6-15(14)12-16;1-4-17-14(16)13-9-11-7-5-6-8-12(11)15(13)10(2)3;1-9(2)11-4-6-12(7-5-11)8-10(3)13;1-8(2)10-4-6-11(7-5-10)9(3)12;1-6(2)10-5-7(3)4-8(10)9(11)12/h3-6,13H,7-12H2,1-2H3;5-8,10,13H,4,9H2,1-3H3;9,11H,4-8H2,1-3H3;8,10H,4-7H2,1-3H3;6-8H,4-5H2,1-3H3,(H,11,12)/t;;;;7-,8+/m....1/s1. The molecule has 6 aliphatic rings. The predicted molar refractivity (Wildman–Crippen MR) is 292 cm³/mol. The summed E-state index contributed by atoms with van der Waals surface area (Å²) in [4.78, 5) is 55.8. The van der Waals surface area contributed by atoms with Crippen molar-refractivity contribution < 1.29 is 29.0 Å². The Labute approximate surface area is 431 Å². The summed E-state index contributed by atoms with van der Waals surface area (Å²) >= 11 is 0. The molecule has 0 bridgehead atoms. The average Bonchev–Trinajstić information content (AvgIpc) is 4.03. The number of para-hydroxylation sites is 1. The second kappa shape index (κ2) is 28.6. The maximum absolute atomic E-state index is 12.0. The quantitative estimate of drug-likeness (QED) is 0.231. The van der Waals surface area contributed by atoms with Gasteiger partial charge in [-0.15, -0.1) is 0 Å². The molecule has 8 rings (SSSR count). The third-order valence-corrected chi connectivity index (χ3v) is 16.4. The summed E-state index contributed by atoms with van der Waals surface area (Å²) in [6.07, 6.45) is 11.9. The number of likely N-dealkylation sites (tertiary alicyclic amines) is 4. The molecule has 1 unspecified atom stereocenters. The minimum atomic E-state index is -0.673. The van der Waals surface area contributed by atoms with Crippen LogP contribution < -0.4 is 4.90 Å². The molecule has 71 heavy (non-hydrogen) atoms. The van der Waals surface area contributed by atoms with Crippen LogP contribution in [0.15, 0.2) is 48.5 Å². The molecule has 5 aliphatic heterocycles. The number of rotatable bonds is 10. The molecule has 2 aromatic rings. The number of amides is 1. The number of piperidine rings is 3. The number of fused-ring (bicyclic) bond motifs is 2. The van der Waals surface area contributed by atoms with E-state index < -0.39 is 5.97 Å². The summed E-state index contributed by atoms with van der Waals surface area (Å²) in [6.45, 7) is 38.2. The van der Waals surface area contributed by atoms with Crippen LogP contribution >= 0.6 is 0 Å². The number of hydrogen-bond acceptors (Lipinski definition) is 9. The molecule has 1 N–H and O–H groups in total. The smallest absolute Gasteiger partial charge is 0.329 e. The Morgan fingerprint density at radius 1 is 0.676 bits per heavy atom. The monoisotopic (exact) mass is 986 g/mol. The number of nitrogens with zero attached hydrogens (tertiary/aromatic N) is 5. The van der Waals surface area contributed by atoms with Gasteiger partial charge in [-0.1, -0.05) is 77.1 Å². The zero-order valence-corrected chi connectivity index (χ0v) is 47.1. The summed E-state index contributed by atoms with van der Waals surface area (Å²) < 4.78 is 5.16. The third kappa shape index (κ3) is 18.0. The van der Waals surface area contributed by atoms with E-state index in [0.29, 0.717) is 42.4 Å². The molecule has 5 heterocycles. The predicted octanol–water partition coefficient (Wildman–Crippen LogP) is 10.7. The van der Waals surface area contributed by atoms with Gasteiger partial charge in [-0.25, -0.2) is 4.79 Å². The molecule has 2 aromatic carbocycles. The number of carboxylic acids is 1. The number of carbonyl (C=O) groups is 4. The highest BCUT2D eigenvalue weighted by atomic mass is 16.5. The number of anilines is 1. The van der Waals surface area contributed by atoms with E-state index >= 15 is 0 Å². The molecule has 1 spiro atoms. The number of esters is 1. The molecule has 1 aliphatic carbocycles. The van der Waals surface area contributed by atoms with E-state index in [2.05, 4.69) is 118 Å². The van der Waals surface area contributed by atoms with E-state index in [9.17, 15) is 19.2 Å². The van der Waals surface area contributed by atoms with Crippen LogP contribution in [0.5, 0.6) is 0 Å². The van der Waals surface area contributed by atoms with Crippen molar-refractivity contribution in [2.75, 3.05) is 63.9 Å². The topological polar surface area (TPSA) is 114 Å². The number of carboxylic acid groups (broad SMARTS) is 1. The zero-order valence-electron chi connectivity index (χ0n) is 47.1. The van der Waals surface area contributed by atoms with Gasteiger partial charge in [-0.3, -0.25) is 24.2 Å². The summed E-state index contributed by atoms with van der Waals surface area (Å²) in [5.74, 6) is 3.56. The molecule has 0 radical (unpaired) electrons. The fourth-order valence-electron chi connectivity index (χ4n) is 12.0. The summed E-state index contributed by atoms with van der Waals surface area (Å²) in [5, 5.41) is 8.91. The molecule has 400 valence electrons. The van der Waals surface area contributed by atoms with Gasteiger partial charge in [0.15, 0.2) is 0 Å². The normalized spacial score (nSPS) is 22.5. The first-order valence-corrected chi connectivity index (χ1v) is 27.9. The minimum Gasteiger partial charge on any atom is -0.480 e. The number of ether oxygens (including phenoxy) is 1. The van der Waals surface area contributed by atoms with Gasteiger partial charge in [0.2, 0.25) is 5.91 Å². The van der Waals surface area contributed by atoms with Crippen LogP contribution in [-0.4, -0.2) is 138 Å². The average molecular weight is 986 g/mol. The Bertz CT molecular complexity index is 1910. The molecule has 11 nitrogen and oxygen atoms in total. The Hall–Kier alpha value is -3.80. The first-order chi connectivity index (χ1) is 33.6. The highest BCUT2D eigenvalue weighted by molar-refractivity contribution is 5.84. The second-order valence-electron chi connectivity index (χ2n) is 23.5. The van der Waals surface area contributed by atoms with Crippen molar-refractivity contribution in [2.24, 2.45) is 35.0 Å². The first-order valence-electron chi connectivity index (χ1n) is 27.9. The lowest BCUT2D eigenvalue weighted by Crippen LogP contribution is -2.43. The van der Waals surface area contributed by atoms with Crippen LogP contribution in [0.1, 0.15) is 159 Å². The highest BCUT2D eigenvalue weighted by Gasteiger charge is 2.40. The Balaban J connectivity index is 0.000000195. The summed E-state index contributed by atoms with van der Waals surface area (Å²) in [5.41, 5.74) is 6.24. The zero-order chi connectivity index (χ0) is 52.6. The highest BCUT2D eigenvalue weighted by Crippen LogP contribution is 2.45. The van der Waals surface area contributed by atoms with Crippen molar-refractivity contribution in [1.82, 2.24) is 19.6 Å². The van der Waals surface area contributed by atoms with E-state index in [1.807, 2.05) is 37.8 Å². The lowest BCUT2D eigenvalue weighted by Gasteiger charge is -2.41. The van der Waals surface area contributed by atoms with Crippen molar-refractivity contribution in [3.8, 4) is 0 Å². The molecule has 4 saturated heterocycles. The van der Waals surface area contributed by atoms with Gasteiger partial charge in [-0.05, 0) is 197 Å². The molecule has 0 saturated carbocycles. The molecule has 0 aromatic heterocycles. The lowest BCUT2D eigenvalue weighted by molar-refractivity contribution is -0.145. The molecule has 4 fully saturated rings. The van der Waals surface area contributed by atoms with Crippen LogP contribution in [0, 0.1) is 35.0 Å². The van der Waals surface area contributed by atoms with Crippen LogP contribution in [0.25, 0.3) is 0 Å². The van der Waals surface area contributed by atoms with E-state index in [0.717, 1.165) is 75.3 Å². The second-order valence-corrected chi connectivity index (χ2v) is 23.5. The van der Waals surface area contributed by atoms with Crippen LogP contribution in [0.4, 0.5) is 5.69 Å². The molecule has 3 atom stereocenters. The van der Waals surface area contributed by atoms with E-state index in [1.54, 1.807) is 25.0 Å². The van der Waals surface area contributed by atoms with Gasteiger partial charge >= 0.3 is 11.9 Å². The van der Waals surface area contributed by atoms with Gasteiger partial charge in [0.05, 0.1) is 13.2 Å². The van der Waals surface area contributed by atoms with Crippen molar-refractivity contribution in [1.29, 1.82) is 0 Å². The van der Waals surface area contributed by atoms with Crippen molar-refractivity contribution in [3.05, 3.63) is 65.2 Å². The van der Waals surface area contributed by atoms with Crippen molar-refractivity contribution >= 4 is 29.3 Å². The van der Waals surface area contributed by atoms with Gasteiger partial charge in [0.25, 0.3) is 0 Å². The molecule has 1 amide bonds. The Morgan fingerprint density at radius 3 is 1.61 bits per heavy atom. The number of carbonyl (C=O) groups excluding carboxylic acids is 3. The van der Waals surface area contributed by atoms with Gasteiger partial charge in [-0.2, -0.15) is 0 Å². The number of aliphatic carboxylic acids is 1. The van der Waals surface area contributed by atoms with E-state index in [4.69, 9.17) is 9.84 Å². The largest absolute Gasteiger partial charge is 0.480 e. The lowest BCUT2D eigenvalue weighted by atomic mass is 9.76. The molecular weight excluding hydrogens is 887 g/mol. The number of ketones is 1. The van der Waals surface area contributed by atoms with Crippen LogP contribution in [-0.2, 0) is 43.2 Å². The van der Waals surface area contributed by atoms with Gasteiger partial charge in [0.1, 0.15) is 17.9 Å². The van der Waals surface area contributed by atoms with E-state index in [1.165, 1.54) is 75.7 Å². The fraction of sp³-hybridized carbons (Fsp3) is 0.733. The Kier molecular flexibility index (Phi) is 24.1. The van der Waals surface area contributed by atoms with Crippen LogP contribution in [0.3, 0.4) is 0 Å². The van der Waals surface area contributed by atoms with Crippen molar-refractivity contribution in [3.63, 3.8) is 0 Å². The van der Waals surface area contributed by atoms with E-state index in [-0.39, 0.29) is 24.0 Å². The third-order valence-electron chi connectivity index (χ3n) is 16.4. The minimum absolute atomic E-state index is 0.114. The number of hydrogen-bond donors (Lipinski definition) is 1. The summed E-state index contributed by atoms with van der Waals surface area (Å²) in [6, 6.07) is 18.2. The molecule has 11 heteroatoms. The van der Waals surface area contributed by atoms with Crippen molar-refractivity contribution in [2.45, 2.75) is 191 Å². The fourth-order valence-corrected chi connectivity index (χ4v) is 12.0.